The molecule has 2 rings (SSSR count). The Morgan fingerprint density at radius 1 is 1.08 bits per heavy atom. The SMILES string of the molecule is C1=CCCOC2=CC=CCC2=C1. The van der Waals surface area contributed by atoms with Gasteiger partial charge >= 0.3 is 0 Å². The third-order valence-corrected chi connectivity index (χ3v) is 2.01. The first-order chi connectivity index (χ1) is 5.97. The van der Waals surface area contributed by atoms with Crippen LogP contribution < -0.4 is 0 Å². The zero-order valence-corrected chi connectivity index (χ0v) is 6.99. The molecule has 0 radical (unpaired) electrons. The summed E-state index contributed by atoms with van der Waals surface area (Å²) in [5.41, 5.74) is 1.29. The Bertz CT molecular complexity index is 279. The highest BCUT2D eigenvalue weighted by Crippen LogP contribution is 2.21. The van der Waals surface area contributed by atoms with Crippen molar-refractivity contribution in [3.63, 3.8) is 0 Å². The average Bonchev–Trinajstić information content (AvgIpc) is 2.06. The second kappa shape index (κ2) is 3.44. The van der Waals surface area contributed by atoms with Crippen LogP contribution in [-0.4, -0.2) is 6.61 Å². The fourth-order valence-corrected chi connectivity index (χ4v) is 1.37. The van der Waals surface area contributed by atoms with Gasteiger partial charge in [0.25, 0.3) is 0 Å². The Labute approximate surface area is 72.7 Å². The van der Waals surface area contributed by atoms with E-state index in [9.17, 15) is 0 Å². The minimum absolute atomic E-state index is 0.799. The van der Waals surface area contributed by atoms with Gasteiger partial charge in [0, 0.05) is 0 Å². The number of allylic oxidation sites excluding steroid dienone is 6. The van der Waals surface area contributed by atoms with Crippen LogP contribution in [0.2, 0.25) is 0 Å². The minimum atomic E-state index is 0.799. The van der Waals surface area contributed by atoms with Crippen LogP contribution >= 0.6 is 0 Å². The second-order valence-corrected chi connectivity index (χ2v) is 2.92. The summed E-state index contributed by atoms with van der Waals surface area (Å²) in [7, 11) is 0. The molecule has 0 unspecified atom stereocenters. The van der Waals surface area contributed by atoms with Crippen molar-refractivity contribution in [3.05, 3.63) is 47.8 Å². The first-order valence-electron chi connectivity index (χ1n) is 4.32. The highest BCUT2D eigenvalue weighted by molar-refractivity contribution is 5.37. The molecule has 0 spiro atoms. The molecule has 1 aliphatic heterocycles. The van der Waals surface area contributed by atoms with Gasteiger partial charge in [-0.25, -0.2) is 0 Å². The van der Waals surface area contributed by atoms with Crippen molar-refractivity contribution in [2.75, 3.05) is 6.61 Å². The molecule has 1 aliphatic carbocycles. The van der Waals surface area contributed by atoms with E-state index in [4.69, 9.17) is 4.74 Å². The standard InChI is InChI=1S/C11H12O/c1-2-6-10-7-3-4-8-11(10)12-9-5-1/h1-4,6,8H,5,7,9H2. The molecule has 62 valence electrons. The van der Waals surface area contributed by atoms with E-state index < -0.39 is 0 Å². The fourth-order valence-electron chi connectivity index (χ4n) is 1.37. The van der Waals surface area contributed by atoms with Gasteiger partial charge in [0.15, 0.2) is 0 Å². The molecule has 0 bridgehead atoms. The lowest BCUT2D eigenvalue weighted by Gasteiger charge is -2.15. The molecule has 2 aliphatic rings. The largest absolute Gasteiger partial charge is 0.493 e. The van der Waals surface area contributed by atoms with Crippen LogP contribution in [0.5, 0.6) is 0 Å². The number of rotatable bonds is 0. The van der Waals surface area contributed by atoms with Gasteiger partial charge in [-0.1, -0.05) is 30.4 Å². The molecule has 0 saturated heterocycles. The lowest BCUT2D eigenvalue weighted by molar-refractivity contribution is 0.223. The monoisotopic (exact) mass is 160 g/mol. The molecule has 0 aromatic carbocycles. The fraction of sp³-hybridized carbons (Fsp3) is 0.273. The predicted molar refractivity (Wildman–Crippen MR) is 49.6 cm³/mol. The van der Waals surface area contributed by atoms with E-state index in [0.29, 0.717) is 0 Å². The maximum absolute atomic E-state index is 5.58. The lowest BCUT2D eigenvalue weighted by Crippen LogP contribution is -2.01. The lowest BCUT2D eigenvalue weighted by atomic mass is 10.0. The molecule has 0 fully saturated rings. The average molecular weight is 160 g/mol. The smallest absolute Gasteiger partial charge is 0.122 e. The summed E-state index contributed by atoms with van der Waals surface area (Å²) in [4.78, 5) is 0. The maximum Gasteiger partial charge on any atom is 0.122 e. The van der Waals surface area contributed by atoms with Gasteiger partial charge in [0.1, 0.15) is 5.76 Å². The third kappa shape index (κ3) is 1.50. The first kappa shape index (κ1) is 7.41. The van der Waals surface area contributed by atoms with Crippen molar-refractivity contribution in [1.29, 1.82) is 0 Å². The highest BCUT2D eigenvalue weighted by Gasteiger charge is 2.07. The van der Waals surface area contributed by atoms with Gasteiger partial charge in [0.05, 0.1) is 6.61 Å². The molecule has 1 heterocycles. The zero-order chi connectivity index (χ0) is 8.23. The van der Waals surface area contributed by atoms with Crippen molar-refractivity contribution < 1.29 is 4.74 Å². The van der Waals surface area contributed by atoms with Crippen LogP contribution in [-0.2, 0) is 4.74 Å². The number of fused-ring (bicyclic) bond motifs is 1. The summed E-state index contributed by atoms with van der Waals surface area (Å²) in [5.74, 6) is 1.04. The van der Waals surface area contributed by atoms with Gasteiger partial charge in [-0.2, -0.15) is 0 Å². The van der Waals surface area contributed by atoms with E-state index in [0.717, 1.165) is 25.2 Å². The van der Waals surface area contributed by atoms with Crippen molar-refractivity contribution in [2.24, 2.45) is 0 Å². The van der Waals surface area contributed by atoms with Crippen LogP contribution in [0.15, 0.2) is 47.8 Å². The Kier molecular flexibility index (Phi) is 2.12. The predicted octanol–water partition coefficient (Wildman–Crippen LogP) is 2.73. The molecule has 1 nitrogen and oxygen atoms in total. The molecule has 1 heteroatoms. The van der Waals surface area contributed by atoms with Crippen molar-refractivity contribution >= 4 is 0 Å². The number of hydrogen-bond donors (Lipinski definition) is 0. The van der Waals surface area contributed by atoms with E-state index in [1.165, 1.54) is 5.57 Å². The first-order valence-corrected chi connectivity index (χ1v) is 4.32. The van der Waals surface area contributed by atoms with Crippen molar-refractivity contribution in [1.82, 2.24) is 0 Å². The molecule has 0 amide bonds. The minimum Gasteiger partial charge on any atom is -0.493 e. The summed E-state index contributed by atoms with van der Waals surface area (Å²) in [6, 6.07) is 0. The van der Waals surface area contributed by atoms with Crippen LogP contribution in [0.4, 0.5) is 0 Å². The van der Waals surface area contributed by atoms with E-state index in [1.54, 1.807) is 0 Å². The van der Waals surface area contributed by atoms with Crippen LogP contribution in [0.1, 0.15) is 12.8 Å². The Hall–Kier alpha value is -1.24. The van der Waals surface area contributed by atoms with Crippen LogP contribution in [0.25, 0.3) is 0 Å². The molecule has 0 atom stereocenters. The zero-order valence-electron chi connectivity index (χ0n) is 6.99. The van der Waals surface area contributed by atoms with Gasteiger partial charge in [-0.15, -0.1) is 0 Å². The summed E-state index contributed by atoms with van der Waals surface area (Å²) in [5, 5.41) is 0. The molecule has 0 aromatic rings. The quantitative estimate of drug-likeness (QED) is 0.529. The van der Waals surface area contributed by atoms with Gasteiger partial charge in [-0.3, -0.25) is 0 Å². The number of ether oxygens (including phenoxy) is 1. The molecular formula is C11H12O. The molecule has 0 saturated carbocycles. The van der Waals surface area contributed by atoms with Crippen molar-refractivity contribution in [3.8, 4) is 0 Å². The van der Waals surface area contributed by atoms with E-state index in [2.05, 4.69) is 30.4 Å². The normalized spacial score (nSPS) is 21.3. The second-order valence-electron chi connectivity index (χ2n) is 2.92. The van der Waals surface area contributed by atoms with Gasteiger partial charge in [0.2, 0.25) is 0 Å². The van der Waals surface area contributed by atoms with Gasteiger partial charge in [-0.05, 0) is 24.5 Å². The topological polar surface area (TPSA) is 9.23 Å². The Morgan fingerprint density at radius 3 is 3.00 bits per heavy atom. The van der Waals surface area contributed by atoms with E-state index in [1.807, 2.05) is 6.08 Å². The highest BCUT2D eigenvalue weighted by atomic mass is 16.5. The van der Waals surface area contributed by atoms with Crippen molar-refractivity contribution in [2.45, 2.75) is 12.8 Å². The summed E-state index contributed by atoms with van der Waals surface area (Å²) >= 11 is 0. The molecule has 12 heavy (non-hydrogen) atoms. The summed E-state index contributed by atoms with van der Waals surface area (Å²) < 4.78 is 5.58. The molecular weight excluding hydrogens is 148 g/mol. The summed E-state index contributed by atoms with van der Waals surface area (Å²) in [6.45, 7) is 0.799. The van der Waals surface area contributed by atoms with Gasteiger partial charge < -0.3 is 4.74 Å². The maximum atomic E-state index is 5.58. The summed E-state index contributed by atoms with van der Waals surface area (Å²) in [6.07, 6.45) is 14.6. The van der Waals surface area contributed by atoms with Crippen LogP contribution in [0, 0.1) is 0 Å². The molecule has 0 aromatic heterocycles. The Balaban J connectivity index is 2.28. The third-order valence-electron chi connectivity index (χ3n) is 2.01. The number of hydrogen-bond acceptors (Lipinski definition) is 1. The molecule has 0 N–H and O–H groups in total. The van der Waals surface area contributed by atoms with E-state index >= 15 is 0 Å². The van der Waals surface area contributed by atoms with Crippen LogP contribution in [0.3, 0.4) is 0 Å². The van der Waals surface area contributed by atoms with E-state index in [-0.39, 0.29) is 0 Å². The Morgan fingerprint density at radius 2 is 2.00 bits per heavy atom.